The van der Waals surface area contributed by atoms with E-state index >= 15 is 0 Å². The van der Waals surface area contributed by atoms with Crippen molar-refractivity contribution in [2.45, 2.75) is 25.7 Å². The van der Waals surface area contributed by atoms with Crippen LogP contribution < -0.4 is 10.1 Å². The van der Waals surface area contributed by atoms with E-state index in [0.29, 0.717) is 25.7 Å². The molecule has 1 aliphatic rings. The van der Waals surface area contributed by atoms with Gasteiger partial charge in [0.2, 0.25) is 0 Å². The molecular weight excluding hydrogens is 282 g/mol. The summed E-state index contributed by atoms with van der Waals surface area (Å²) in [6.45, 7) is 2.34. The van der Waals surface area contributed by atoms with Crippen LogP contribution in [0, 0.1) is 5.92 Å². The predicted octanol–water partition coefficient (Wildman–Crippen LogP) is 2.78. The van der Waals surface area contributed by atoms with Crippen LogP contribution in [0.25, 0.3) is 0 Å². The first-order valence-electron chi connectivity index (χ1n) is 7.89. The molecule has 5 nitrogen and oxygen atoms in total. The molecule has 5 heteroatoms. The molecule has 0 radical (unpaired) electrons. The first kappa shape index (κ1) is 16.6. The summed E-state index contributed by atoms with van der Waals surface area (Å²) in [7, 11) is 1.65. The van der Waals surface area contributed by atoms with Gasteiger partial charge < -0.3 is 19.5 Å². The number of nitrogens with one attached hydrogen (secondary N) is 1. The van der Waals surface area contributed by atoms with Crippen LogP contribution in [0.4, 0.5) is 4.79 Å². The van der Waals surface area contributed by atoms with Crippen LogP contribution in [0.3, 0.4) is 0 Å². The maximum absolute atomic E-state index is 11.4. The van der Waals surface area contributed by atoms with Gasteiger partial charge in [-0.05, 0) is 49.3 Å². The van der Waals surface area contributed by atoms with E-state index in [1.807, 2.05) is 24.3 Å². The van der Waals surface area contributed by atoms with Crippen molar-refractivity contribution in [1.82, 2.24) is 5.32 Å². The number of hydrogen-bond donors (Lipinski definition) is 1. The van der Waals surface area contributed by atoms with Crippen molar-refractivity contribution in [3.8, 4) is 5.75 Å². The van der Waals surface area contributed by atoms with Crippen molar-refractivity contribution >= 4 is 6.09 Å². The first-order valence-corrected chi connectivity index (χ1v) is 7.89. The lowest BCUT2D eigenvalue weighted by Crippen LogP contribution is -2.26. The highest BCUT2D eigenvalue weighted by Crippen LogP contribution is 2.27. The van der Waals surface area contributed by atoms with Gasteiger partial charge in [-0.25, -0.2) is 4.79 Å². The molecule has 22 heavy (non-hydrogen) atoms. The van der Waals surface area contributed by atoms with E-state index < -0.39 is 0 Å². The third kappa shape index (κ3) is 6.80. The zero-order valence-electron chi connectivity index (χ0n) is 13.2. The molecule has 0 spiro atoms. The molecule has 1 aromatic rings. The molecule has 1 saturated carbocycles. The van der Waals surface area contributed by atoms with Gasteiger partial charge in [0.1, 0.15) is 12.4 Å². The molecule has 122 valence electrons. The Morgan fingerprint density at radius 2 is 1.95 bits per heavy atom. The Hall–Kier alpha value is -1.75. The second-order valence-electron chi connectivity index (χ2n) is 5.55. The van der Waals surface area contributed by atoms with E-state index in [1.54, 1.807) is 7.11 Å². The van der Waals surface area contributed by atoms with E-state index in [4.69, 9.17) is 14.2 Å². The molecular formula is C17H25NO4. The maximum Gasteiger partial charge on any atom is 0.407 e. The van der Waals surface area contributed by atoms with Gasteiger partial charge in [-0.1, -0.05) is 12.1 Å². The van der Waals surface area contributed by atoms with Crippen LogP contribution in [0.5, 0.6) is 5.75 Å². The molecule has 0 heterocycles. The average Bonchev–Trinajstić information content (AvgIpc) is 3.35. The number of methoxy groups -OCH3 is 1. The lowest BCUT2D eigenvalue weighted by atomic mass is 10.1. The summed E-state index contributed by atoms with van der Waals surface area (Å²) < 4.78 is 15.6. The molecule has 2 rings (SSSR count). The lowest BCUT2D eigenvalue weighted by molar-refractivity contribution is 0.144. The van der Waals surface area contributed by atoms with Gasteiger partial charge in [0, 0.05) is 13.7 Å². The summed E-state index contributed by atoms with van der Waals surface area (Å²) in [5.41, 5.74) is 1.21. The van der Waals surface area contributed by atoms with Crippen molar-refractivity contribution in [1.29, 1.82) is 0 Å². The number of alkyl carbamates (subject to hydrolysis) is 1. The fourth-order valence-electron chi connectivity index (χ4n) is 2.04. The Bertz CT molecular complexity index is 442. The number of aryl methyl sites for hydroxylation is 1. The minimum atomic E-state index is -0.297. The number of benzene rings is 1. The highest BCUT2D eigenvalue weighted by molar-refractivity contribution is 5.67. The van der Waals surface area contributed by atoms with Crippen LogP contribution >= 0.6 is 0 Å². The maximum atomic E-state index is 11.4. The molecule has 1 aliphatic carbocycles. The Morgan fingerprint density at radius 1 is 1.18 bits per heavy atom. The van der Waals surface area contributed by atoms with E-state index in [0.717, 1.165) is 25.1 Å². The summed E-state index contributed by atoms with van der Waals surface area (Å²) in [5, 5.41) is 2.79. The standard InChI is InChI=1S/C17H25NO4/c1-20-11-12-21-16-8-6-14(7-9-16)3-2-10-22-17(19)18-13-15-4-5-15/h6-9,15H,2-5,10-13H2,1H3,(H,18,19). The minimum absolute atomic E-state index is 0.297. The predicted molar refractivity (Wildman–Crippen MR) is 84.2 cm³/mol. The van der Waals surface area contributed by atoms with Crippen molar-refractivity contribution in [2.24, 2.45) is 5.92 Å². The summed E-state index contributed by atoms with van der Waals surface area (Å²) in [6.07, 6.45) is 3.86. The Labute approximate surface area is 131 Å². The summed E-state index contributed by atoms with van der Waals surface area (Å²) in [6, 6.07) is 7.98. The van der Waals surface area contributed by atoms with Gasteiger partial charge >= 0.3 is 6.09 Å². The van der Waals surface area contributed by atoms with Crippen molar-refractivity contribution in [2.75, 3.05) is 33.5 Å². The molecule has 0 unspecified atom stereocenters. The summed E-state index contributed by atoms with van der Waals surface area (Å²) in [5.74, 6) is 1.52. The molecule has 1 amide bonds. The second-order valence-corrected chi connectivity index (χ2v) is 5.55. The smallest absolute Gasteiger partial charge is 0.407 e. The fraction of sp³-hybridized carbons (Fsp3) is 0.588. The summed E-state index contributed by atoms with van der Waals surface area (Å²) in [4.78, 5) is 11.4. The van der Waals surface area contributed by atoms with Crippen LogP contribution in [-0.2, 0) is 15.9 Å². The van der Waals surface area contributed by atoms with Gasteiger partial charge in [0.15, 0.2) is 0 Å². The lowest BCUT2D eigenvalue weighted by Gasteiger charge is -2.08. The van der Waals surface area contributed by atoms with Crippen molar-refractivity contribution < 1.29 is 19.0 Å². The fourth-order valence-corrected chi connectivity index (χ4v) is 2.04. The van der Waals surface area contributed by atoms with Gasteiger partial charge in [-0.2, -0.15) is 0 Å². The van der Waals surface area contributed by atoms with E-state index in [2.05, 4.69) is 5.32 Å². The van der Waals surface area contributed by atoms with E-state index in [1.165, 1.54) is 18.4 Å². The van der Waals surface area contributed by atoms with Crippen LogP contribution in [0.15, 0.2) is 24.3 Å². The Balaban J connectivity index is 1.55. The summed E-state index contributed by atoms with van der Waals surface area (Å²) >= 11 is 0. The third-order valence-electron chi connectivity index (χ3n) is 3.55. The molecule has 0 aromatic heterocycles. The minimum Gasteiger partial charge on any atom is -0.491 e. The molecule has 0 aliphatic heterocycles. The van der Waals surface area contributed by atoms with E-state index in [9.17, 15) is 4.79 Å². The van der Waals surface area contributed by atoms with Gasteiger partial charge in [0.25, 0.3) is 0 Å². The normalized spacial score (nSPS) is 13.7. The van der Waals surface area contributed by atoms with Gasteiger partial charge in [0.05, 0.1) is 13.2 Å². The van der Waals surface area contributed by atoms with Gasteiger partial charge in [-0.3, -0.25) is 0 Å². The van der Waals surface area contributed by atoms with Crippen molar-refractivity contribution in [3.05, 3.63) is 29.8 Å². The molecule has 0 bridgehead atoms. The Morgan fingerprint density at radius 3 is 2.64 bits per heavy atom. The molecule has 0 atom stereocenters. The first-order chi connectivity index (χ1) is 10.8. The van der Waals surface area contributed by atoms with Crippen LogP contribution in [0.1, 0.15) is 24.8 Å². The highest BCUT2D eigenvalue weighted by Gasteiger charge is 2.21. The molecule has 0 saturated heterocycles. The van der Waals surface area contributed by atoms with Crippen LogP contribution in [-0.4, -0.2) is 39.6 Å². The van der Waals surface area contributed by atoms with Crippen molar-refractivity contribution in [3.63, 3.8) is 0 Å². The average molecular weight is 307 g/mol. The van der Waals surface area contributed by atoms with Gasteiger partial charge in [-0.15, -0.1) is 0 Å². The molecule has 1 aromatic carbocycles. The largest absolute Gasteiger partial charge is 0.491 e. The zero-order chi connectivity index (χ0) is 15.6. The number of carbonyl (C=O) groups is 1. The van der Waals surface area contributed by atoms with E-state index in [-0.39, 0.29) is 6.09 Å². The quantitative estimate of drug-likeness (QED) is 0.675. The SMILES string of the molecule is COCCOc1ccc(CCCOC(=O)NCC2CC2)cc1. The number of hydrogen-bond acceptors (Lipinski definition) is 4. The number of rotatable bonds is 10. The Kier molecular flexibility index (Phi) is 7.03. The monoisotopic (exact) mass is 307 g/mol. The number of ether oxygens (including phenoxy) is 3. The zero-order valence-corrected chi connectivity index (χ0v) is 13.2. The molecule has 1 fully saturated rings. The molecule has 1 N–H and O–H groups in total. The topological polar surface area (TPSA) is 56.8 Å². The second kappa shape index (κ2) is 9.30. The third-order valence-corrected chi connectivity index (χ3v) is 3.55. The number of carbonyl (C=O) groups excluding carboxylic acids is 1. The highest BCUT2D eigenvalue weighted by atomic mass is 16.5. The van der Waals surface area contributed by atoms with Crippen LogP contribution in [0.2, 0.25) is 0 Å². The number of amides is 1.